The van der Waals surface area contributed by atoms with E-state index in [1.165, 1.54) is 4.90 Å². The molecule has 0 bridgehead atoms. The van der Waals surface area contributed by atoms with Gasteiger partial charge in [0, 0.05) is 20.3 Å². The van der Waals surface area contributed by atoms with E-state index in [0.717, 1.165) is 5.69 Å². The average Bonchev–Trinajstić information content (AvgIpc) is 2.95. The van der Waals surface area contributed by atoms with Gasteiger partial charge in [-0.05, 0) is 11.0 Å². The van der Waals surface area contributed by atoms with Crippen molar-refractivity contribution in [1.82, 2.24) is 24.9 Å². The van der Waals surface area contributed by atoms with Crippen LogP contribution in [-0.2, 0) is 13.6 Å². The molecule has 0 radical (unpaired) electrons. The zero-order valence-electron chi connectivity index (χ0n) is 10.7. The smallest absolute Gasteiger partial charge is 0.358 e. The van der Waals surface area contributed by atoms with Crippen molar-refractivity contribution in [2.75, 3.05) is 7.05 Å². The van der Waals surface area contributed by atoms with Gasteiger partial charge in [0.1, 0.15) is 0 Å². The number of aryl methyl sites for hydroxylation is 1. The van der Waals surface area contributed by atoms with Crippen molar-refractivity contribution in [2.45, 2.75) is 6.54 Å². The van der Waals surface area contributed by atoms with Crippen molar-refractivity contribution in [3.8, 4) is 0 Å². The van der Waals surface area contributed by atoms with Gasteiger partial charge in [-0.25, -0.2) is 0 Å². The minimum absolute atomic E-state index is 0.178. The first-order valence-electron chi connectivity index (χ1n) is 5.52. The molecule has 1 N–H and O–H groups in total. The van der Waals surface area contributed by atoms with Crippen LogP contribution in [0.15, 0.2) is 12.3 Å². The van der Waals surface area contributed by atoms with Crippen LogP contribution in [0.4, 0.5) is 5.82 Å². The minimum atomic E-state index is -0.729. The predicted octanol–water partition coefficient (Wildman–Crippen LogP) is 0.977. The highest BCUT2D eigenvalue weighted by Crippen LogP contribution is 2.25. The summed E-state index contributed by atoms with van der Waals surface area (Å²) in [6.45, 7) is 0.284. The maximum absolute atomic E-state index is 12.1. The Morgan fingerprint density at radius 3 is 2.85 bits per heavy atom. The molecule has 9 nitrogen and oxygen atoms in total. The largest absolute Gasteiger partial charge is 0.362 e. The van der Waals surface area contributed by atoms with Gasteiger partial charge in [-0.1, -0.05) is 16.7 Å². The molecule has 2 aromatic rings. The molecule has 0 spiro atoms. The van der Waals surface area contributed by atoms with Crippen LogP contribution in [0.5, 0.6) is 0 Å². The van der Waals surface area contributed by atoms with E-state index in [-0.39, 0.29) is 17.3 Å². The highest BCUT2D eigenvalue weighted by Gasteiger charge is 2.27. The lowest BCUT2D eigenvalue weighted by molar-refractivity contribution is -0.389. The third kappa shape index (κ3) is 2.48. The van der Waals surface area contributed by atoms with Gasteiger partial charge < -0.3 is 15.0 Å². The number of hydrogen-bond donors (Lipinski definition) is 1. The minimum Gasteiger partial charge on any atom is -0.358 e. The quantitative estimate of drug-likeness (QED) is 0.668. The fraction of sp³-hybridized carbons (Fsp3) is 0.300. The molecule has 0 unspecified atom stereocenters. The van der Waals surface area contributed by atoms with Crippen molar-refractivity contribution >= 4 is 23.3 Å². The average molecular weight is 299 g/mol. The Morgan fingerprint density at radius 2 is 2.35 bits per heavy atom. The Morgan fingerprint density at radius 1 is 1.65 bits per heavy atom. The predicted molar refractivity (Wildman–Crippen MR) is 69.3 cm³/mol. The van der Waals surface area contributed by atoms with Crippen LogP contribution in [-0.4, -0.2) is 42.8 Å². The number of H-pyrrole nitrogens is 1. The lowest BCUT2D eigenvalue weighted by Crippen LogP contribution is -2.27. The van der Waals surface area contributed by atoms with Gasteiger partial charge in [-0.15, -0.1) is 5.10 Å². The second-order valence-corrected chi connectivity index (χ2v) is 4.48. The van der Waals surface area contributed by atoms with E-state index in [1.807, 2.05) is 0 Å². The third-order valence-electron chi connectivity index (χ3n) is 2.74. The Hall–Kier alpha value is -2.42. The van der Waals surface area contributed by atoms with E-state index in [2.05, 4.69) is 15.3 Å². The molecule has 106 valence electrons. The Balaban J connectivity index is 2.19. The van der Waals surface area contributed by atoms with Gasteiger partial charge >= 0.3 is 5.82 Å². The molecule has 2 heterocycles. The highest BCUT2D eigenvalue weighted by atomic mass is 35.5. The molecule has 0 aliphatic carbocycles. The Bertz CT molecular complexity index is 664. The van der Waals surface area contributed by atoms with Gasteiger partial charge in [0.25, 0.3) is 5.91 Å². The lowest BCUT2D eigenvalue weighted by atomic mass is 10.3. The number of aromatic nitrogens is 4. The molecule has 2 aromatic heterocycles. The molecule has 1 amide bonds. The van der Waals surface area contributed by atoms with Crippen LogP contribution in [0.25, 0.3) is 0 Å². The molecule has 0 atom stereocenters. The SMILES string of the molecule is CN(Cc1ccnn1C)C(=O)c1n[nH]c([N+](=O)[O-])c1Cl. The molecular formula is C10H11ClN6O3. The molecule has 0 aliphatic heterocycles. The Kier molecular flexibility index (Phi) is 3.70. The fourth-order valence-corrected chi connectivity index (χ4v) is 1.87. The van der Waals surface area contributed by atoms with Crippen LogP contribution < -0.4 is 0 Å². The van der Waals surface area contributed by atoms with Crippen LogP contribution in [0.3, 0.4) is 0 Å². The van der Waals surface area contributed by atoms with Gasteiger partial charge in [-0.2, -0.15) is 5.10 Å². The lowest BCUT2D eigenvalue weighted by Gasteiger charge is -2.15. The first-order valence-corrected chi connectivity index (χ1v) is 5.90. The molecule has 0 saturated carbocycles. The maximum atomic E-state index is 12.1. The third-order valence-corrected chi connectivity index (χ3v) is 3.10. The second kappa shape index (κ2) is 5.29. The number of halogens is 1. The van der Waals surface area contributed by atoms with Gasteiger partial charge in [0.15, 0.2) is 10.7 Å². The van der Waals surface area contributed by atoms with Gasteiger partial charge in [0.2, 0.25) is 0 Å². The first-order chi connectivity index (χ1) is 9.41. The summed E-state index contributed by atoms with van der Waals surface area (Å²) in [6.07, 6.45) is 1.61. The summed E-state index contributed by atoms with van der Waals surface area (Å²) >= 11 is 5.77. The number of hydrogen-bond acceptors (Lipinski definition) is 5. The van der Waals surface area contributed by atoms with E-state index in [4.69, 9.17) is 11.6 Å². The van der Waals surface area contributed by atoms with E-state index < -0.39 is 16.6 Å². The van der Waals surface area contributed by atoms with E-state index in [9.17, 15) is 14.9 Å². The molecule has 0 aromatic carbocycles. The number of amides is 1. The number of nitrogens with one attached hydrogen (secondary N) is 1. The summed E-state index contributed by atoms with van der Waals surface area (Å²) < 4.78 is 1.62. The number of carbonyl (C=O) groups is 1. The van der Waals surface area contributed by atoms with Gasteiger partial charge in [-0.3, -0.25) is 9.48 Å². The molecule has 0 fully saturated rings. The summed E-state index contributed by atoms with van der Waals surface area (Å²) in [6, 6.07) is 1.76. The molecular weight excluding hydrogens is 288 g/mol. The second-order valence-electron chi connectivity index (χ2n) is 4.10. The molecule has 0 saturated heterocycles. The molecule has 10 heteroatoms. The summed E-state index contributed by atoms with van der Waals surface area (Å²) in [5.74, 6) is -1.01. The zero-order valence-corrected chi connectivity index (χ0v) is 11.5. The van der Waals surface area contributed by atoms with Crippen LogP contribution in [0.1, 0.15) is 16.2 Å². The van der Waals surface area contributed by atoms with E-state index in [0.29, 0.717) is 0 Å². The number of rotatable bonds is 4. The van der Waals surface area contributed by atoms with E-state index in [1.54, 1.807) is 31.0 Å². The number of carbonyl (C=O) groups excluding carboxylic acids is 1. The summed E-state index contributed by atoms with van der Waals surface area (Å²) in [5, 5.41) is 20.1. The first kappa shape index (κ1) is 14.0. The number of nitro groups is 1. The van der Waals surface area contributed by atoms with Crippen LogP contribution >= 0.6 is 11.6 Å². The van der Waals surface area contributed by atoms with Crippen molar-refractivity contribution in [3.05, 3.63) is 38.8 Å². The summed E-state index contributed by atoms with van der Waals surface area (Å²) in [5.41, 5.74) is 0.630. The van der Waals surface area contributed by atoms with Crippen molar-refractivity contribution in [3.63, 3.8) is 0 Å². The Labute approximate surface area is 118 Å². The normalized spacial score (nSPS) is 10.6. The van der Waals surface area contributed by atoms with Crippen molar-refractivity contribution < 1.29 is 9.72 Å². The topological polar surface area (TPSA) is 110 Å². The number of aromatic amines is 1. The standard InChI is InChI=1S/C10H11ClN6O3/c1-15(5-6-3-4-12-16(6)2)10(18)8-7(11)9(14-13-8)17(19)20/h3-4H,5H2,1-2H3,(H,13,14). The van der Waals surface area contributed by atoms with Gasteiger partial charge in [0.05, 0.1) is 12.2 Å². The summed E-state index contributed by atoms with van der Waals surface area (Å²) in [7, 11) is 3.30. The summed E-state index contributed by atoms with van der Waals surface area (Å²) in [4.78, 5) is 23.4. The monoisotopic (exact) mass is 298 g/mol. The zero-order chi connectivity index (χ0) is 14.9. The highest BCUT2D eigenvalue weighted by molar-refractivity contribution is 6.35. The molecule has 20 heavy (non-hydrogen) atoms. The molecule has 2 rings (SSSR count). The number of nitrogens with zero attached hydrogens (tertiary/aromatic N) is 5. The van der Waals surface area contributed by atoms with Crippen LogP contribution in [0.2, 0.25) is 5.02 Å². The maximum Gasteiger partial charge on any atom is 0.362 e. The molecule has 0 aliphatic rings. The van der Waals surface area contributed by atoms with Crippen LogP contribution in [0, 0.1) is 10.1 Å². The fourth-order valence-electron chi connectivity index (χ4n) is 1.63. The van der Waals surface area contributed by atoms with Crippen molar-refractivity contribution in [2.24, 2.45) is 7.05 Å². The van der Waals surface area contributed by atoms with E-state index >= 15 is 0 Å². The van der Waals surface area contributed by atoms with Crippen molar-refractivity contribution in [1.29, 1.82) is 0 Å².